The Morgan fingerprint density at radius 1 is 1.09 bits per heavy atom. The van der Waals surface area contributed by atoms with E-state index in [9.17, 15) is 22.7 Å². The summed E-state index contributed by atoms with van der Waals surface area (Å²) in [6.07, 6.45) is -1.73. The van der Waals surface area contributed by atoms with Crippen LogP contribution < -0.4 is 9.64 Å². The van der Waals surface area contributed by atoms with Gasteiger partial charge in [-0.3, -0.25) is 4.90 Å². The van der Waals surface area contributed by atoms with E-state index in [1.807, 2.05) is 0 Å². The molecule has 2 saturated heterocycles. The maximum atomic E-state index is 13.5. The number of rotatable bonds is 5. The van der Waals surface area contributed by atoms with Crippen LogP contribution in [0.2, 0.25) is 0 Å². The van der Waals surface area contributed by atoms with E-state index in [2.05, 4.69) is 28.7 Å². The summed E-state index contributed by atoms with van der Waals surface area (Å²) in [6.45, 7) is 5.47. The summed E-state index contributed by atoms with van der Waals surface area (Å²) in [7, 11) is 0. The Morgan fingerprint density at radius 3 is 2.36 bits per heavy atom. The third-order valence-electron chi connectivity index (χ3n) is 6.59. The van der Waals surface area contributed by atoms with Crippen molar-refractivity contribution in [3.63, 3.8) is 0 Å². The third kappa shape index (κ3) is 5.55. The molecule has 2 aliphatic rings. The average Bonchev–Trinajstić information content (AvgIpc) is 3.05. The van der Waals surface area contributed by atoms with Crippen LogP contribution in [0.1, 0.15) is 45.2 Å². The van der Waals surface area contributed by atoms with Crippen molar-refractivity contribution < 1.29 is 27.4 Å². The molecule has 2 unspecified atom stereocenters. The van der Waals surface area contributed by atoms with Crippen LogP contribution in [0.15, 0.2) is 30.3 Å². The fraction of sp³-hybridized carbons (Fsp3) is 0.565. The highest BCUT2D eigenvalue weighted by atomic mass is 19.4. The first-order valence-corrected chi connectivity index (χ1v) is 11.2. The number of nitrogens with zero attached hydrogens (tertiary/aromatic N) is 4. The van der Waals surface area contributed by atoms with Crippen molar-refractivity contribution in [2.24, 2.45) is 0 Å². The van der Waals surface area contributed by atoms with Crippen LogP contribution >= 0.6 is 0 Å². The minimum Gasteiger partial charge on any atom is -0.439 e. The zero-order valence-corrected chi connectivity index (χ0v) is 18.6. The molecule has 6 nitrogen and oxygen atoms in total. The number of likely N-dealkylation sites (tertiary alicyclic amines) is 1. The highest BCUT2D eigenvalue weighted by Crippen LogP contribution is 2.35. The minimum atomic E-state index is -4.70. The van der Waals surface area contributed by atoms with Gasteiger partial charge in [-0.1, -0.05) is 6.07 Å². The van der Waals surface area contributed by atoms with E-state index in [-0.39, 0.29) is 17.6 Å². The van der Waals surface area contributed by atoms with E-state index in [0.29, 0.717) is 50.6 Å². The van der Waals surface area contributed by atoms with Crippen LogP contribution in [0.25, 0.3) is 0 Å². The molecule has 180 valence electrons. The van der Waals surface area contributed by atoms with Gasteiger partial charge in [-0.15, -0.1) is 0 Å². The second kappa shape index (κ2) is 9.06. The smallest absolute Gasteiger partial charge is 0.433 e. The number of piperidine rings is 1. The van der Waals surface area contributed by atoms with Gasteiger partial charge in [-0.25, -0.2) is 9.37 Å². The summed E-state index contributed by atoms with van der Waals surface area (Å²) in [4.78, 5) is 11.8. The first kappa shape index (κ1) is 23.7. The molecule has 2 aromatic rings. The summed E-state index contributed by atoms with van der Waals surface area (Å²) in [5, 5.41) is 11.1. The topological polar surface area (TPSA) is 61.7 Å². The summed E-state index contributed by atoms with van der Waals surface area (Å²) < 4.78 is 59.3. The van der Waals surface area contributed by atoms with Gasteiger partial charge in [0, 0.05) is 43.9 Å². The number of anilines is 1. The lowest BCUT2D eigenvalue weighted by molar-refractivity contribution is -0.141. The van der Waals surface area contributed by atoms with Crippen LogP contribution in [0.5, 0.6) is 11.6 Å². The number of alkyl halides is 3. The quantitative estimate of drug-likeness (QED) is 0.646. The number of aromatic nitrogens is 2. The van der Waals surface area contributed by atoms with Crippen molar-refractivity contribution >= 4 is 5.95 Å². The van der Waals surface area contributed by atoms with Crippen molar-refractivity contribution in [3.8, 4) is 11.6 Å². The summed E-state index contributed by atoms with van der Waals surface area (Å²) in [5.41, 5.74) is -2.05. The van der Waals surface area contributed by atoms with E-state index in [1.165, 1.54) is 18.2 Å². The van der Waals surface area contributed by atoms with E-state index in [1.54, 1.807) is 4.90 Å². The zero-order valence-electron chi connectivity index (χ0n) is 18.6. The molecule has 1 aromatic carbocycles. The summed E-state index contributed by atoms with van der Waals surface area (Å²) in [5.74, 6) is -0.982. The van der Waals surface area contributed by atoms with Gasteiger partial charge in [-0.05, 0) is 51.7 Å². The third-order valence-corrected chi connectivity index (χ3v) is 6.59. The van der Waals surface area contributed by atoms with Crippen molar-refractivity contribution in [2.45, 2.75) is 63.4 Å². The van der Waals surface area contributed by atoms with Gasteiger partial charge in [0.15, 0.2) is 5.69 Å². The minimum absolute atomic E-state index is 0.0367. The number of halogens is 4. The van der Waals surface area contributed by atoms with Crippen molar-refractivity contribution in [3.05, 3.63) is 41.8 Å². The number of β-amino-alcohol motifs (C(OH)–C–C–N with tert-alkyl or cyclic N) is 1. The predicted octanol–water partition coefficient (Wildman–Crippen LogP) is 4.63. The molecule has 0 radical (unpaired) electrons. The van der Waals surface area contributed by atoms with E-state index >= 15 is 0 Å². The van der Waals surface area contributed by atoms with Crippen LogP contribution in [0.4, 0.5) is 23.5 Å². The van der Waals surface area contributed by atoms with Gasteiger partial charge in [0.2, 0.25) is 11.8 Å². The van der Waals surface area contributed by atoms with E-state index in [4.69, 9.17) is 4.74 Å². The first-order valence-electron chi connectivity index (χ1n) is 11.2. The standard InChI is InChI=1S/C23H28F4N4O2/c1-15-6-7-16(2)31(15)14-22(32)8-10-30(11-9-22)21-28-19(23(25,26)27)13-20(29-21)33-18-5-3-4-17(24)12-18/h3-5,12-13,15-16,32H,6-11,14H2,1-2H3. The van der Waals surface area contributed by atoms with Crippen LogP contribution in [0, 0.1) is 5.82 Å². The number of ether oxygens (including phenoxy) is 1. The molecule has 2 aliphatic heterocycles. The molecule has 0 spiro atoms. The molecule has 1 aromatic heterocycles. The number of aliphatic hydroxyl groups is 1. The Balaban J connectivity index is 1.51. The van der Waals surface area contributed by atoms with Gasteiger partial charge in [0.25, 0.3) is 0 Å². The molecule has 3 heterocycles. The summed E-state index contributed by atoms with van der Waals surface area (Å²) >= 11 is 0. The Labute approximate surface area is 190 Å². The van der Waals surface area contributed by atoms with Crippen LogP contribution in [-0.4, -0.2) is 57.3 Å². The number of hydrogen-bond acceptors (Lipinski definition) is 6. The normalized spacial score (nSPS) is 23.7. The Hall–Kier alpha value is -2.46. The average molecular weight is 468 g/mol. The maximum Gasteiger partial charge on any atom is 0.433 e. The van der Waals surface area contributed by atoms with Gasteiger partial charge in [0.1, 0.15) is 11.6 Å². The van der Waals surface area contributed by atoms with Crippen molar-refractivity contribution in [1.82, 2.24) is 14.9 Å². The molecule has 0 amide bonds. The molecule has 4 rings (SSSR count). The van der Waals surface area contributed by atoms with Gasteiger partial charge >= 0.3 is 6.18 Å². The molecule has 33 heavy (non-hydrogen) atoms. The monoisotopic (exact) mass is 468 g/mol. The van der Waals surface area contributed by atoms with Gasteiger partial charge in [0.05, 0.1) is 5.60 Å². The van der Waals surface area contributed by atoms with Gasteiger partial charge < -0.3 is 14.7 Å². The lowest BCUT2D eigenvalue weighted by Gasteiger charge is -2.42. The second-order valence-electron chi connectivity index (χ2n) is 9.11. The first-order chi connectivity index (χ1) is 15.5. The highest BCUT2D eigenvalue weighted by Gasteiger charge is 2.40. The van der Waals surface area contributed by atoms with E-state index < -0.39 is 23.3 Å². The summed E-state index contributed by atoms with van der Waals surface area (Å²) in [6, 6.07) is 6.59. The fourth-order valence-electron chi connectivity index (χ4n) is 4.58. The Kier molecular flexibility index (Phi) is 6.50. The Bertz CT molecular complexity index is 969. The largest absolute Gasteiger partial charge is 0.439 e. The molecule has 0 saturated carbocycles. The molecular weight excluding hydrogens is 440 g/mol. The molecule has 0 bridgehead atoms. The predicted molar refractivity (Wildman–Crippen MR) is 115 cm³/mol. The highest BCUT2D eigenvalue weighted by molar-refractivity contribution is 5.38. The fourth-order valence-corrected chi connectivity index (χ4v) is 4.58. The lowest BCUT2D eigenvalue weighted by atomic mass is 9.90. The molecule has 10 heteroatoms. The molecule has 2 atom stereocenters. The number of hydrogen-bond donors (Lipinski definition) is 1. The van der Waals surface area contributed by atoms with Crippen LogP contribution in [-0.2, 0) is 6.18 Å². The molecule has 2 fully saturated rings. The van der Waals surface area contributed by atoms with Crippen molar-refractivity contribution in [1.29, 1.82) is 0 Å². The molecular formula is C23H28F4N4O2. The van der Waals surface area contributed by atoms with Crippen LogP contribution in [0.3, 0.4) is 0 Å². The van der Waals surface area contributed by atoms with Crippen molar-refractivity contribution in [2.75, 3.05) is 24.5 Å². The number of benzene rings is 1. The maximum absolute atomic E-state index is 13.5. The SMILES string of the molecule is CC1CCC(C)N1CC1(O)CCN(c2nc(Oc3cccc(F)c3)cc(C(F)(F)F)n2)CC1. The second-order valence-corrected chi connectivity index (χ2v) is 9.11. The molecule has 0 aliphatic carbocycles. The Morgan fingerprint density at radius 2 is 1.76 bits per heavy atom. The zero-order chi connectivity index (χ0) is 23.8. The van der Waals surface area contributed by atoms with E-state index in [0.717, 1.165) is 18.9 Å². The molecule has 1 N–H and O–H groups in total. The lowest BCUT2D eigenvalue weighted by Crippen LogP contribution is -2.53. The van der Waals surface area contributed by atoms with Gasteiger partial charge in [-0.2, -0.15) is 18.2 Å².